The van der Waals surface area contributed by atoms with Gasteiger partial charge in [0.2, 0.25) is 0 Å². The molecule has 2 saturated heterocycles. The standard InChI is InChI=1S/C16H24N2O/c19-16-8-11-17(12-14-6-2-1-3-7-14)13-15(16)18-9-4-5-10-18/h1-3,6-7,15-16,19H,4-5,8-13H2/t15-,16?/m1/s1. The molecule has 1 aromatic rings. The molecule has 1 N–H and O–H groups in total. The molecule has 3 nitrogen and oxygen atoms in total. The van der Waals surface area contributed by atoms with Crippen LogP contribution in [0.25, 0.3) is 0 Å². The van der Waals surface area contributed by atoms with E-state index >= 15 is 0 Å². The average Bonchev–Trinajstić information content (AvgIpc) is 2.96. The molecule has 2 aliphatic rings. The van der Waals surface area contributed by atoms with Crippen LogP contribution in [0.15, 0.2) is 30.3 Å². The molecule has 3 rings (SSSR count). The van der Waals surface area contributed by atoms with Crippen LogP contribution in [0.3, 0.4) is 0 Å². The molecule has 2 aliphatic heterocycles. The van der Waals surface area contributed by atoms with Gasteiger partial charge in [0.25, 0.3) is 0 Å². The molecule has 0 saturated carbocycles. The van der Waals surface area contributed by atoms with Crippen molar-refractivity contribution in [3.8, 4) is 0 Å². The Hall–Kier alpha value is -0.900. The highest BCUT2D eigenvalue weighted by atomic mass is 16.3. The van der Waals surface area contributed by atoms with Crippen LogP contribution in [0.2, 0.25) is 0 Å². The fourth-order valence-electron chi connectivity index (χ4n) is 3.40. The van der Waals surface area contributed by atoms with Gasteiger partial charge in [-0.3, -0.25) is 9.80 Å². The zero-order valence-corrected chi connectivity index (χ0v) is 11.5. The zero-order chi connectivity index (χ0) is 13.1. The summed E-state index contributed by atoms with van der Waals surface area (Å²) in [6, 6.07) is 11.0. The van der Waals surface area contributed by atoms with Crippen molar-refractivity contribution < 1.29 is 5.11 Å². The first-order valence-corrected chi connectivity index (χ1v) is 7.51. The van der Waals surface area contributed by atoms with Gasteiger partial charge < -0.3 is 5.11 Å². The topological polar surface area (TPSA) is 26.7 Å². The highest BCUT2D eigenvalue weighted by Gasteiger charge is 2.33. The van der Waals surface area contributed by atoms with Gasteiger partial charge >= 0.3 is 0 Å². The lowest BCUT2D eigenvalue weighted by atomic mass is 10.00. The monoisotopic (exact) mass is 260 g/mol. The van der Waals surface area contributed by atoms with Gasteiger partial charge in [0.1, 0.15) is 0 Å². The van der Waals surface area contributed by atoms with Crippen molar-refractivity contribution in [2.24, 2.45) is 0 Å². The van der Waals surface area contributed by atoms with Gasteiger partial charge in [-0.15, -0.1) is 0 Å². The van der Waals surface area contributed by atoms with E-state index in [0.29, 0.717) is 6.04 Å². The Labute approximate surface area is 115 Å². The van der Waals surface area contributed by atoms with Crippen LogP contribution >= 0.6 is 0 Å². The quantitative estimate of drug-likeness (QED) is 0.896. The molecule has 2 fully saturated rings. The first-order chi connectivity index (χ1) is 9.33. The summed E-state index contributed by atoms with van der Waals surface area (Å²) in [6.45, 7) is 5.37. The SMILES string of the molecule is OC1CCN(Cc2ccccc2)C[C@H]1N1CCCC1. The van der Waals surface area contributed by atoms with Crippen LogP contribution in [-0.4, -0.2) is 53.2 Å². The van der Waals surface area contributed by atoms with E-state index in [4.69, 9.17) is 0 Å². The normalized spacial score (nSPS) is 29.7. The largest absolute Gasteiger partial charge is 0.391 e. The molecule has 1 aromatic carbocycles. The number of hydrogen-bond donors (Lipinski definition) is 1. The second-order valence-corrected chi connectivity index (χ2v) is 5.89. The molecular weight excluding hydrogens is 236 g/mol. The summed E-state index contributed by atoms with van der Waals surface area (Å²) in [7, 11) is 0. The second-order valence-electron chi connectivity index (χ2n) is 5.89. The predicted molar refractivity (Wildman–Crippen MR) is 76.9 cm³/mol. The van der Waals surface area contributed by atoms with Crippen LogP contribution in [0, 0.1) is 0 Å². The smallest absolute Gasteiger partial charge is 0.0720 e. The van der Waals surface area contributed by atoms with Crippen LogP contribution in [0.4, 0.5) is 0 Å². The summed E-state index contributed by atoms with van der Waals surface area (Å²) in [5, 5.41) is 10.2. The Kier molecular flexibility index (Phi) is 4.16. The number of nitrogens with zero attached hydrogens (tertiary/aromatic N) is 2. The maximum atomic E-state index is 10.2. The van der Waals surface area contributed by atoms with Gasteiger partial charge in [-0.1, -0.05) is 30.3 Å². The Balaban J connectivity index is 1.61. The number of hydrogen-bond acceptors (Lipinski definition) is 3. The minimum Gasteiger partial charge on any atom is -0.391 e. The molecule has 19 heavy (non-hydrogen) atoms. The maximum absolute atomic E-state index is 10.2. The highest BCUT2D eigenvalue weighted by Crippen LogP contribution is 2.22. The molecule has 0 amide bonds. The Bertz CT molecular complexity index is 389. The molecule has 0 aliphatic carbocycles. The van der Waals surface area contributed by atoms with Gasteiger partial charge in [-0.2, -0.15) is 0 Å². The van der Waals surface area contributed by atoms with Crippen LogP contribution in [0.5, 0.6) is 0 Å². The summed E-state index contributed by atoms with van der Waals surface area (Å²) in [4.78, 5) is 4.98. The molecule has 3 heteroatoms. The summed E-state index contributed by atoms with van der Waals surface area (Å²) in [5.74, 6) is 0. The van der Waals surface area contributed by atoms with E-state index in [-0.39, 0.29) is 6.10 Å². The molecule has 0 radical (unpaired) electrons. The first-order valence-electron chi connectivity index (χ1n) is 7.51. The fraction of sp³-hybridized carbons (Fsp3) is 0.625. The van der Waals surface area contributed by atoms with Crippen LogP contribution in [-0.2, 0) is 6.54 Å². The van der Waals surface area contributed by atoms with Crippen molar-refractivity contribution in [2.45, 2.75) is 38.0 Å². The molecular formula is C16H24N2O. The Morgan fingerprint density at radius 3 is 2.53 bits per heavy atom. The number of aliphatic hydroxyl groups is 1. The fourth-order valence-corrected chi connectivity index (χ4v) is 3.40. The van der Waals surface area contributed by atoms with E-state index < -0.39 is 0 Å². The van der Waals surface area contributed by atoms with E-state index in [1.54, 1.807) is 0 Å². The molecule has 2 atom stereocenters. The molecule has 104 valence electrons. The highest BCUT2D eigenvalue weighted by molar-refractivity contribution is 5.14. The maximum Gasteiger partial charge on any atom is 0.0720 e. The van der Waals surface area contributed by atoms with Crippen molar-refractivity contribution in [2.75, 3.05) is 26.2 Å². The van der Waals surface area contributed by atoms with E-state index in [1.807, 2.05) is 0 Å². The lowest BCUT2D eigenvalue weighted by Crippen LogP contribution is -2.54. The lowest BCUT2D eigenvalue weighted by Gasteiger charge is -2.40. The summed E-state index contributed by atoms with van der Waals surface area (Å²) in [5.41, 5.74) is 1.37. The average molecular weight is 260 g/mol. The van der Waals surface area contributed by atoms with Crippen LogP contribution < -0.4 is 0 Å². The predicted octanol–water partition coefficient (Wildman–Crippen LogP) is 1.72. The molecule has 1 unspecified atom stereocenters. The van der Waals surface area contributed by atoms with Gasteiger partial charge in [-0.25, -0.2) is 0 Å². The third-order valence-electron chi connectivity index (χ3n) is 4.49. The molecule has 0 aromatic heterocycles. The van der Waals surface area contributed by atoms with Crippen molar-refractivity contribution in [1.82, 2.24) is 9.80 Å². The Morgan fingerprint density at radius 1 is 1.05 bits per heavy atom. The molecule has 0 spiro atoms. The van der Waals surface area contributed by atoms with E-state index in [9.17, 15) is 5.11 Å². The molecule has 0 bridgehead atoms. The van der Waals surface area contributed by atoms with Crippen molar-refractivity contribution in [1.29, 1.82) is 0 Å². The van der Waals surface area contributed by atoms with Gasteiger partial charge in [0, 0.05) is 25.7 Å². The third kappa shape index (κ3) is 3.16. The first kappa shape index (κ1) is 13.1. The Morgan fingerprint density at radius 2 is 1.79 bits per heavy atom. The summed E-state index contributed by atoms with van der Waals surface area (Å²) >= 11 is 0. The number of rotatable bonds is 3. The lowest BCUT2D eigenvalue weighted by molar-refractivity contribution is -0.00525. The van der Waals surface area contributed by atoms with E-state index in [2.05, 4.69) is 40.1 Å². The number of benzene rings is 1. The van der Waals surface area contributed by atoms with Gasteiger partial charge in [0.15, 0.2) is 0 Å². The number of piperidine rings is 1. The number of aliphatic hydroxyl groups excluding tert-OH is 1. The van der Waals surface area contributed by atoms with E-state index in [1.165, 1.54) is 31.5 Å². The summed E-state index contributed by atoms with van der Waals surface area (Å²) < 4.78 is 0. The number of likely N-dealkylation sites (tertiary alicyclic amines) is 2. The van der Waals surface area contributed by atoms with Crippen molar-refractivity contribution in [3.05, 3.63) is 35.9 Å². The zero-order valence-electron chi connectivity index (χ0n) is 11.5. The minimum atomic E-state index is -0.134. The third-order valence-corrected chi connectivity index (χ3v) is 4.49. The van der Waals surface area contributed by atoms with Crippen molar-refractivity contribution in [3.63, 3.8) is 0 Å². The van der Waals surface area contributed by atoms with Gasteiger partial charge in [-0.05, 0) is 37.9 Å². The molecule has 2 heterocycles. The summed E-state index contributed by atoms with van der Waals surface area (Å²) in [6.07, 6.45) is 3.36. The van der Waals surface area contributed by atoms with Crippen LogP contribution in [0.1, 0.15) is 24.8 Å². The minimum absolute atomic E-state index is 0.134. The van der Waals surface area contributed by atoms with E-state index in [0.717, 1.165) is 26.1 Å². The van der Waals surface area contributed by atoms with Gasteiger partial charge in [0.05, 0.1) is 6.10 Å². The van der Waals surface area contributed by atoms with Crippen molar-refractivity contribution >= 4 is 0 Å². The second kappa shape index (κ2) is 6.04.